The van der Waals surface area contributed by atoms with Crippen LogP contribution in [0.25, 0.3) is 0 Å². The molecular formula is C13H16O3. The summed E-state index contributed by atoms with van der Waals surface area (Å²) in [6.45, 7) is 2.00. The van der Waals surface area contributed by atoms with Crippen LogP contribution in [0, 0.1) is 0 Å². The molecule has 0 aliphatic rings. The molecular weight excluding hydrogens is 204 g/mol. The van der Waals surface area contributed by atoms with Gasteiger partial charge in [-0.1, -0.05) is 37.3 Å². The third-order valence-electron chi connectivity index (χ3n) is 2.61. The number of hydrogen-bond donors (Lipinski definition) is 0. The van der Waals surface area contributed by atoms with Gasteiger partial charge < -0.3 is 4.74 Å². The molecule has 86 valence electrons. The van der Waals surface area contributed by atoms with Crippen LogP contribution in [0.1, 0.15) is 31.2 Å². The Bertz CT molecular complexity index is 357. The van der Waals surface area contributed by atoms with E-state index in [0.29, 0.717) is 0 Å². The Morgan fingerprint density at radius 1 is 1.25 bits per heavy atom. The van der Waals surface area contributed by atoms with E-state index < -0.39 is 11.8 Å². The van der Waals surface area contributed by atoms with Gasteiger partial charge in [0.05, 0.1) is 7.11 Å². The minimum atomic E-state index is -0.755. The SMILES string of the molecule is CC[C@H](CC(=O)C(=O)OC)c1ccccc1. The molecule has 0 bridgehead atoms. The first-order valence-electron chi connectivity index (χ1n) is 5.35. The number of Topliss-reactive ketones (excluding diaryl/α,β-unsaturated/α-hetero) is 1. The summed E-state index contributed by atoms with van der Waals surface area (Å²) in [4.78, 5) is 22.5. The number of hydrogen-bond acceptors (Lipinski definition) is 3. The normalized spacial score (nSPS) is 11.9. The Labute approximate surface area is 95.4 Å². The fourth-order valence-electron chi connectivity index (χ4n) is 1.64. The molecule has 0 heterocycles. The average molecular weight is 220 g/mol. The second kappa shape index (κ2) is 6.05. The number of methoxy groups -OCH3 is 1. The van der Waals surface area contributed by atoms with Gasteiger partial charge >= 0.3 is 5.97 Å². The van der Waals surface area contributed by atoms with Crippen molar-refractivity contribution < 1.29 is 14.3 Å². The van der Waals surface area contributed by atoms with Gasteiger partial charge in [0.15, 0.2) is 0 Å². The molecule has 0 N–H and O–H groups in total. The highest BCUT2D eigenvalue weighted by Crippen LogP contribution is 2.23. The van der Waals surface area contributed by atoms with Crippen molar-refractivity contribution in [3.8, 4) is 0 Å². The zero-order valence-corrected chi connectivity index (χ0v) is 9.60. The minimum absolute atomic E-state index is 0.0906. The predicted molar refractivity (Wildman–Crippen MR) is 61.1 cm³/mol. The third kappa shape index (κ3) is 3.19. The lowest BCUT2D eigenvalue weighted by Gasteiger charge is -2.13. The van der Waals surface area contributed by atoms with Crippen LogP contribution < -0.4 is 0 Å². The molecule has 0 saturated carbocycles. The van der Waals surface area contributed by atoms with Crippen molar-refractivity contribution >= 4 is 11.8 Å². The zero-order chi connectivity index (χ0) is 12.0. The van der Waals surface area contributed by atoms with Crippen molar-refractivity contribution in [2.24, 2.45) is 0 Å². The van der Waals surface area contributed by atoms with Crippen molar-refractivity contribution in [2.75, 3.05) is 7.11 Å². The van der Waals surface area contributed by atoms with E-state index in [1.807, 2.05) is 37.3 Å². The molecule has 0 aliphatic carbocycles. The lowest BCUT2D eigenvalue weighted by Crippen LogP contribution is -2.18. The van der Waals surface area contributed by atoms with E-state index in [1.54, 1.807) is 0 Å². The van der Waals surface area contributed by atoms with Gasteiger partial charge in [-0.05, 0) is 17.9 Å². The Hall–Kier alpha value is -1.64. The molecule has 16 heavy (non-hydrogen) atoms. The first kappa shape index (κ1) is 12.4. The molecule has 0 aliphatic heterocycles. The van der Waals surface area contributed by atoms with Gasteiger partial charge in [0, 0.05) is 6.42 Å². The first-order chi connectivity index (χ1) is 7.69. The van der Waals surface area contributed by atoms with Gasteiger partial charge in [0.1, 0.15) is 0 Å². The molecule has 3 nitrogen and oxygen atoms in total. The summed E-state index contributed by atoms with van der Waals surface area (Å²) in [6.07, 6.45) is 1.04. The van der Waals surface area contributed by atoms with Crippen LogP contribution in [0.5, 0.6) is 0 Å². The van der Waals surface area contributed by atoms with Crippen molar-refractivity contribution in [3.63, 3.8) is 0 Å². The summed E-state index contributed by atoms with van der Waals surface area (Å²) in [5.74, 6) is -1.12. The maximum Gasteiger partial charge on any atom is 0.374 e. The molecule has 1 atom stereocenters. The Morgan fingerprint density at radius 2 is 1.88 bits per heavy atom. The number of ether oxygens (including phenoxy) is 1. The highest BCUT2D eigenvalue weighted by Gasteiger charge is 2.20. The number of carbonyl (C=O) groups is 2. The smallest absolute Gasteiger partial charge is 0.374 e. The molecule has 0 fully saturated rings. The van der Waals surface area contributed by atoms with E-state index >= 15 is 0 Å². The average Bonchev–Trinajstić information content (AvgIpc) is 2.35. The van der Waals surface area contributed by atoms with E-state index in [0.717, 1.165) is 12.0 Å². The van der Waals surface area contributed by atoms with Gasteiger partial charge in [0.2, 0.25) is 5.78 Å². The zero-order valence-electron chi connectivity index (χ0n) is 9.60. The van der Waals surface area contributed by atoms with E-state index in [9.17, 15) is 9.59 Å². The van der Waals surface area contributed by atoms with Gasteiger partial charge in [0.25, 0.3) is 0 Å². The number of esters is 1. The summed E-state index contributed by atoms with van der Waals surface area (Å²) in [5, 5.41) is 0. The fourth-order valence-corrected chi connectivity index (χ4v) is 1.64. The quantitative estimate of drug-likeness (QED) is 0.565. The van der Waals surface area contributed by atoms with Crippen LogP contribution in [0.2, 0.25) is 0 Å². The molecule has 1 rings (SSSR count). The van der Waals surface area contributed by atoms with Gasteiger partial charge in [-0.15, -0.1) is 0 Å². The molecule has 1 aromatic carbocycles. The number of ketones is 1. The summed E-state index contributed by atoms with van der Waals surface area (Å²) >= 11 is 0. The molecule has 0 saturated heterocycles. The predicted octanol–water partition coefficient (Wildman–Crippen LogP) is 2.31. The Morgan fingerprint density at radius 3 is 2.38 bits per heavy atom. The van der Waals surface area contributed by atoms with Crippen molar-refractivity contribution in [3.05, 3.63) is 35.9 Å². The topological polar surface area (TPSA) is 43.4 Å². The van der Waals surface area contributed by atoms with E-state index in [1.165, 1.54) is 7.11 Å². The second-order valence-electron chi connectivity index (χ2n) is 3.63. The van der Waals surface area contributed by atoms with Crippen LogP contribution in [-0.4, -0.2) is 18.9 Å². The second-order valence-corrected chi connectivity index (χ2v) is 3.63. The molecule has 0 amide bonds. The minimum Gasteiger partial charge on any atom is -0.463 e. The van der Waals surface area contributed by atoms with Gasteiger partial charge in [-0.2, -0.15) is 0 Å². The summed E-state index contributed by atoms with van der Waals surface area (Å²) in [6, 6.07) is 9.73. The molecule has 0 radical (unpaired) electrons. The van der Waals surface area contributed by atoms with Crippen LogP contribution >= 0.6 is 0 Å². The Kier molecular flexibility index (Phi) is 4.70. The largest absolute Gasteiger partial charge is 0.463 e. The molecule has 1 aromatic rings. The maximum atomic E-state index is 11.4. The lowest BCUT2D eigenvalue weighted by atomic mass is 9.91. The molecule has 0 unspecified atom stereocenters. The monoisotopic (exact) mass is 220 g/mol. The van der Waals surface area contributed by atoms with Crippen molar-refractivity contribution in [2.45, 2.75) is 25.7 Å². The van der Waals surface area contributed by atoms with Crippen molar-refractivity contribution in [1.29, 1.82) is 0 Å². The van der Waals surface area contributed by atoms with Crippen LogP contribution in [0.3, 0.4) is 0 Å². The fraction of sp³-hybridized carbons (Fsp3) is 0.385. The molecule has 3 heteroatoms. The summed E-state index contributed by atoms with van der Waals surface area (Å²) in [5.41, 5.74) is 1.09. The summed E-state index contributed by atoms with van der Waals surface area (Å²) < 4.78 is 4.40. The van der Waals surface area contributed by atoms with E-state index in [4.69, 9.17) is 0 Å². The van der Waals surface area contributed by atoms with Crippen molar-refractivity contribution in [1.82, 2.24) is 0 Å². The lowest BCUT2D eigenvalue weighted by molar-refractivity contribution is -0.151. The van der Waals surface area contributed by atoms with Crippen LogP contribution in [0.15, 0.2) is 30.3 Å². The maximum absolute atomic E-state index is 11.4. The van der Waals surface area contributed by atoms with E-state index in [2.05, 4.69) is 4.74 Å². The number of benzene rings is 1. The first-order valence-corrected chi connectivity index (χ1v) is 5.35. The van der Waals surface area contributed by atoms with Gasteiger partial charge in [-0.3, -0.25) is 4.79 Å². The summed E-state index contributed by atoms with van der Waals surface area (Å²) in [7, 11) is 1.23. The highest BCUT2D eigenvalue weighted by molar-refractivity contribution is 6.33. The number of carbonyl (C=O) groups excluding carboxylic acids is 2. The standard InChI is InChI=1S/C13H16O3/c1-3-10(9-12(14)13(15)16-2)11-7-5-4-6-8-11/h4-8,10H,3,9H2,1-2H3/t10-/m1/s1. The Balaban J connectivity index is 2.70. The van der Waals surface area contributed by atoms with Gasteiger partial charge in [-0.25, -0.2) is 4.79 Å². The van der Waals surface area contributed by atoms with E-state index in [-0.39, 0.29) is 12.3 Å². The van der Waals surface area contributed by atoms with Crippen LogP contribution in [0.4, 0.5) is 0 Å². The van der Waals surface area contributed by atoms with Crippen LogP contribution in [-0.2, 0) is 14.3 Å². The number of rotatable bonds is 5. The molecule has 0 aromatic heterocycles. The highest BCUT2D eigenvalue weighted by atomic mass is 16.5. The third-order valence-corrected chi connectivity index (χ3v) is 2.61. The molecule has 0 spiro atoms.